The van der Waals surface area contributed by atoms with Crippen LogP contribution in [0.15, 0.2) is 42.5 Å². The first kappa shape index (κ1) is 24.4. The van der Waals surface area contributed by atoms with E-state index in [1.165, 1.54) is 17.7 Å². The Morgan fingerprint density at radius 3 is 2.38 bits per heavy atom. The number of benzene rings is 2. The largest absolute Gasteiger partial charge is 0.493 e. The van der Waals surface area contributed by atoms with Gasteiger partial charge in [0.05, 0.1) is 12.2 Å². The van der Waals surface area contributed by atoms with Gasteiger partial charge >= 0.3 is 6.18 Å². The molecule has 182 valence electrons. The van der Waals surface area contributed by atoms with Crippen LogP contribution in [0.2, 0.25) is 5.02 Å². The van der Waals surface area contributed by atoms with Crippen molar-refractivity contribution < 1.29 is 27.5 Å². The van der Waals surface area contributed by atoms with E-state index in [0.717, 1.165) is 61.6 Å². The molecule has 34 heavy (non-hydrogen) atoms. The Morgan fingerprint density at radius 1 is 1.03 bits per heavy atom. The number of carbonyl (C=O) groups excluding carboxylic acids is 2. The van der Waals surface area contributed by atoms with E-state index in [1.54, 1.807) is 0 Å². The summed E-state index contributed by atoms with van der Waals surface area (Å²) in [7, 11) is 0. The van der Waals surface area contributed by atoms with Crippen LogP contribution in [0.25, 0.3) is 0 Å². The highest BCUT2D eigenvalue weighted by Gasteiger charge is 2.46. The van der Waals surface area contributed by atoms with Crippen LogP contribution in [-0.4, -0.2) is 31.0 Å². The Kier molecular flexibility index (Phi) is 7.36. The summed E-state index contributed by atoms with van der Waals surface area (Å²) >= 11 is 5.82. The van der Waals surface area contributed by atoms with E-state index in [4.69, 9.17) is 16.3 Å². The number of hydrogen-bond donors (Lipinski definition) is 2. The Hall–Kier alpha value is -2.74. The molecule has 4 unspecified atom stereocenters. The third-order valence-corrected chi connectivity index (χ3v) is 7.04. The lowest BCUT2D eigenvalue weighted by molar-refractivity contribution is -0.137. The number of ether oxygens (including phenoxy) is 1. The molecule has 2 aromatic rings. The highest BCUT2D eigenvalue weighted by molar-refractivity contribution is 6.30. The van der Waals surface area contributed by atoms with E-state index in [1.807, 2.05) is 18.2 Å². The first-order chi connectivity index (χ1) is 16.2. The molecular formula is C25H26ClF3N2O3. The summed E-state index contributed by atoms with van der Waals surface area (Å²) in [5.41, 5.74) is 0.698. The molecule has 4 atom stereocenters. The predicted octanol–water partition coefficient (Wildman–Crippen LogP) is 5.01. The molecule has 5 rings (SSSR count). The lowest BCUT2D eigenvalue weighted by atomic mass is 9.91. The summed E-state index contributed by atoms with van der Waals surface area (Å²) in [4.78, 5) is 22.7. The number of fused-ring (bicyclic) bond motifs is 3. The number of alkyl halides is 3. The summed E-state index contributed by atoms with van der Waals surface area (Å²) in [6.45, 7) is 0.842. The predicted molar refractivity (Wildman–Crippen MR) is 122 cm³/mol. The van der Waals surface area contributed by atoms with Gasteiger partial charge in [-0.05, 0) is 92.0 Å². The smallest absolute Gasteiger partial charge is 0.416 e. The minimum absolute atomic E-state index is 0.0273. The van der Waals surface area contributed by atoms with Crippen molar-refractivity contribution >= 4 is 23.9 Å². The van der Waals surface area contributed by atoms with Gasteiger partial charge in [-0.1, -0.05) is 11.6 Å². The number of hydrogen-bond acceptors (Lipinski definition) is 3. The molecule has 3 aliphatic rings. The van der Waals surface area contributed by atoms with Crippen LogP contribution in [0.3, 0.4) is 0 Å². The fourth-order valence-corrected chi connectivity index (χ4v) is 5.33. The second kappa shape index (κ2) is 10.3. The van der Waals surface area contributed by atoms with Crippen LogP contribution < -0.4 is 15.4 Å². The Bertz CT molecular complexity index is 1030. The van der Waals surface area contributed by atoms with E-state index in [-0.39, 0.29) is 23.6 Å². The van der Waals surface area contributed by atoms with Crippen molar-refractivity contribution in [1.29, 1.82) is 0 Å². The second-order valence-electron chi connectivity index (χ2n) is 8.98. The maximum atomic E-state index is 12.5. The number of halogens is 4. The van der Waals surface area contributed by atoms with Crippen molar-refractivity contribution in [3.8, 4) is 5.75 Å². The van der Waals surface area contributed by atoms with Gasteiger partial charge in [-0.25, -0.2) is 0 Å². The van der Waals surface area contributed by atoms with Gasteiger partial charge < -0.3 is 15.4 Å². The average Bonchev–Trinajstić information content (AvgIpc) is 3.39. The van der Waals surface area contributed by atoms with Crippen molar-refractivity contribution in [2.75, 3.05) is 6.61 Å². The van der Waals surface area contributed by atoms with Crippen LogP contribution in [-0.2, 0) is 17.4 Å². The molecule has 2 bridgehead atoms. The van der Waals surface area contributed by atoms with E-state index in [2.05, 4.69) is 10.6 Å². The number of amides is 2. The summed E-state index contributed by atoms with van der Waals surface area (Å²) in [5, 5.41) is 6.51. The molecule has 2 amide bonds. The van der Waals surface area contributed by atoms with E-state index >= 15 is 0 Å². The van der Waals surface area contributed by atoms with Gasteiger partial charge in [-0.2, -0.15) is 13.2 Å². The first-order valence-electron chi connectivity index (χ1n) is 11.3. The van der Waals surface area contributed by atoms with Crippen LogP contribution in [0.5, 0.6) is 5.75 Å². The third kappa shape index (κ3) is 5.66. The Labute approximate surface area is 201 Å². The maximum Gasteiger partial charge on any atom is 0.416 e. The zero-order chi connectivity index (χ0) is 24.3. The normalized spacial score (nSPS) is 24.8. The van der Waals surface area contributed by atoms with Crippen LogP contribution in [0.1, 0.15) is 47.2 Å². The molecule has 0 spiro atoms. The number of aryl methyl sites for hydroxylation is 1. The lowest BCUT2D eigenvalue weighted by Crippen LogP contribution is -2.43. The summed E-state index contributed by atoms with van der Waals surface area (Å²) in [6, 6.07) is 10.2. The minimum atomic E-state index is -4.40. The summed E-state index contributed by atoms with van der Waals surface area (Å²) in [5.74, 6) is 1.33. The Morgan fingerprint density at radius 2 is 1.74 bits per heavy atom. The first-order valence-corrected chi connectivity index (χ1v) is 11.7. The summed E-state index contributed by atoms with van der Waals surface area (Å²) in [6.07, 6.45) is 1.10. The van der Waals surface area contributed by atoms with Crippen molar-refractivity contribution in [3.05, 3.63) is 64.2 Å². The number of rotatable bonds is 4. The topological polar surface area (TPSA) is 67.4 Å². The fraction of sp³-hybridized carbons (Fsp3) is 0.440. The number of nitrogens with one attached hydrogen (secondary N) is 2. The average molecular weight is 495 g/mol. The van der Waals surface area contributed by atoms with Gasteiger partial charge in [0.15, 0.2) is 0 Å². The molecule has 1 heterocycles. The third-order valence-electron chi connectivity index (χ3n) is 6.80. The number of carbonyl (C=O) groups is 2. The summed E-state index contributed by atoms with van der Waals surface area (Å²) < 4.78 is 43.0. The standard InChI is InChI=1S/C16H17F3N2O2.C9H9ClO/c17-16(18,19)12-3-1-9(2-4-12)15(23)21-14-7-10-5-11(14)6-13(10)20-8-22;10-8-3-4-9-7(6-8)2-1-5-11-9/h1-4,8,10-11,13-14H,5-7H2,(H,20,22)(H,21,23);3-4,6H,1-2,5H2. The molecule has 2 aliphatic carbocycles. The highest BCUT2D eigenvalue weighted by Crippen LogP contribution is 2.44. The van der Waals surface area contributed by atoms with Crippen molar-refractivity contribution in [1.82, 2.24) is 10.6 Å². The molecule has 0 radical (unpaired) electrons. The molecule has 2 saturated carbocycles. The zero-order valence-electron chi connectivity index (χ0n) is 18.4. The molecular weight excluding hydrogens is 469 g/mol. The lowest BCUT2D eigenvalue weighted by Gasteiger charge is -2.28. The zero-order valence-corrected chi connectivity index (χ0v) is 19.2. The molecule has 2 N–H and O–H groups in total. The molecule has 9 heteroatoms. The molecule has 1 aliphatic heterocycles. The van der Waals surface area contributed by atoms with Gasteiger partial charge in [-0.15, -0.1) is 0 Å². The molecule has 0 saturated heterocycles. The van der Waals surface area contributed by atoms with E-state index < -0.39 is 11.7 Å². The minimum Gasteiger partial charge on any atom is -0.493 e. The van der Waals surface area contributed by atoms with Gasteiger partial charge in [0, 0.05) is 22.7 Å². The second-order valence-corrected chi connectivity index (χ2v) is 9.41. The Balaban J connectivity index is 0.000000207. The quantitative estimate of drug-likeness (QED) is 0.587. The van der Waals surface area contributed by atoms with Crippen LogP contribution in [0, 0.1) is 11.8 Å². The van der Waals surface area contributed by atoms with Gasteiger partial charge in [0.2, 0.25) is 6.41 Å². The van der Waals surface area contributed by atoms with E-state index in [9.17, 15) is 22.8 Å². The SMILES string of the molecule is Clc1ccc2c(c1)CCCO2.O=CNC1CC2CC1CC2NC(=O)c1ccc(C(F)(F)F)cc1. The fourth-order valence-electron chi connectivity index (χ4n) is 5.14. The van der Waals surface area contributed by atoms with Crippen molar-refractivity contribution in [2.45, 2.75) is 50.4 Å². The van der Waals surface area contributed by atoms with E-state index in [0.29, 0.717) is 18.2 Å². The molecule has 5 nitrogen and oxygen atoms in total. The van der Waals surface area contributed by atoms with Gasteiger partial charge in [-0.3, -0.25) is 9.59 Å². The van der Waals surface area contributed by atoms with Crippen LogP contribution in [0.4, 0.5) is 13.2 Å². The monoisotopic (exact) mass is 494 g/mol. The molecule has 0 aromatic heterocycles. The molecule has 2 fully saturated rings. The van der Waals surface area contributed by atoms with Crippen molar-refractivity contribution in [3.63, 3.8) is 0 Å². The highest BCUT2D eigenvalue weighted by atomic mass is 35.5. The van der Waals surface area contributed by atoms with Crippen molar-refractivity contribution in [2.24, 2.45) is 11.8 Å². The maximum absolute atomic E-state index is 12.5. The van der Waals surface area contributed by atoms with Gasteiger partial charge in [0.1, 0.15) is 5.75 Å². The van der Waals surface area contributed by atoms with Crippen LogP contribution >= 0.6 is 11.6 Å². The molecule has 2 aromatic carbocycles. The van der Waals surface area contributed by atoms with Gasteiger partial charge in [0.25, 0.3) is 5.91 Å².